The Bertz CT molecular complexity index is 1150. The monoisotopic (exact) mass is 388 g/mol. The summed E-state index contributed by atoms with van der Waals surface area (Å²) in [7, 11) is 4.78. The number of carbonyl (C=O) groups excluding carboxylic acids is 1. The van der Waals surface area contributed by atoms with Crippen LogP contribution in [-0.2, 0) is 0 Å². The van der Waals surface area contributed by atoms with Crippen molar-refractivity contribution < 1.29 is 23.4 Å². The van der Waals surface area contributed by atoms with Crippen LogP contribution in [0.25, 0.3) is 22.3 Å². The predicted octanol–water partition coefficient (Wildman–Crippen LogP) is 5.36. The van der Waals surface area contributed by atoms with Gasteiger partial charge in [-0.25, -0.2) is 0 Å². The third kappa shape index (κ3) is 3.31. The maximum absolute atomic E-state index is 13.5. The summed E-state index contributed by atoms with van der Waals surface area (Å²) in [6, 6.07) is 19.9. The zero-order valence-corrected chi connectivity index (χ0v) is 16.4. The third-order valence-electron chi connectivity index (χ3n) is 4.83. The summed E-state index contributed by atoms with van der Waals surface area (Å²) in [6.07, 6.45) is 0. The second-order valence-corrected chi connectivity index (χ2v) is 6.43. The van der Waals surface area contributed by atoms with Gasteiger partial charge in [-0.1, -0.05) is 6.07 Å². The van der Waals surface area contributed by atoms with Gasteiger partial charge in [0.05, 0.1) is 32.3 Å². The Morgan fingerprint density at radius 1 is 0.759 bits per heavy atom. The topological polar surface area (TPSA) is 57.9 Å². The summed E-state index contributed by atoms with van der Waals surface area (Å²) in [5, 5.41) is 0.654. The molecule has 0 N–H and O–H groups in total. The van der Waals surface area contributed by atoms with E-state index >= 15 is 0 Å². The molecule has 0 aliphatic heterocycles. The molecule has 0 atom stereocenters. The molecule has 1 aromatic heterocycles. The van der Waals surface area contributed by atoms with E-state index in [2.05, 4.69) is 0 Å². The van der Waals surface area contributed by atoms with E-state index in [0.717, 1.165) is 11.3 Å². The number of benzene rings is 3. The first kappa shape index (κ1) is 18.6. The first-order valence-corrected chi connectivity index (χ1v) is 9.09. The summed E-state index contributed by atoms with van der Waals surface area (Å²) >= 11 is 0. The number of ether oxygens (including phenoxy) is 3. The maximum Gasteiger partial charge on any atom is 0.197 e. The van der Waals surface area contributed by atoms with Gasteiger partial charge in [-0.2, -0.15) is 0 Å². The van der Waals surface area contributed by atoms with E-state index in [4.69, 9.17) is 18.6 Å². The van der Waals surface area contributed by atoms with Crippen molar-refractivity contribution >= 4 is 16.8 Å². The van der Waals surface area contributed by atoms with Gasteiger partial charge in [0.15, 0.2) is 5.78 Å². The van der Waals surface area contributed by atoms with Crippen molar-refractivity contribution in [2.45, 2.75) is 0 Å². The molecular formula is C24H20O5. The van der Waals surface area contributed by atoms with Gasteiger partial charge in [-0.05, 0) is 60.7 Å². The van der Waals surface area contributed by atoms with Crippen LogP contribution in [0.2, 0.25) is 0 Å². The van der Waals surface area contributed by atoms with Crippen LogP contribution in [-0.4, -0.2) is 27.1 Å². The van der Waals surface area contributed by atoms with E-state index in [-0.39, 0.29) is 5.78 Å². The molecular weight excluding hydrogens is 368 g/mol. The zero-order chi connectivity index (χ0) is 20.4. The zero-order valence-electron chi connectivity index (χ0n) is 16.4. The van der Waals surface area contributed by atoms with Crippen molar-refractivity contribution in [3.8, 4) is 28.6 Å². The summed E-state index contributed by atoms with van der Waals surface area (Å²) < 4.78 is 22.1. The van der Waals surface area contributed by atoms with Crippen molar-refractivity contribution in [2.24, 2.45) is 0 Å². The Balaban J connectivity index is 1.94. The molecule has 4 aromatic rings. The molecule has 0 bridgehead atoms. The number of carbonyl (C=O) groups is 1. The molecule has 0 amide bonds. The van der Waals surface area contributed by atoms with Crippen molar-refractivity contribution in [1.82, 2.24) is 0 Å². The van der Waals surface area contributed by atoms with Gasteiger partial charge in [0.2, 0.25) is 0 Å². The van der Waals surface area contributed by atoms with Crippen LogP contribution in [0.5, 0.6) is 17.2 Å². The van der Waals surface area contributed by atoms with Crippen LogP contribution in [0.4, 0.5) is 0 Å². The second-order valence-electron chi connectivity index (χ2n) is 6.43. The fourth-order valence-electron chi connectivity index (χ4n) is 3.34. The molecule has 1 heterocycles. The molecule has 0 fully saturated rings. The lowest BCUT2D eigenvalue weighted by Gasteiger charge is -2.07. The van der Waals surface area contributed by atoms with E-state index in [9.17, 15) is 4.79 Å². The number of furan rings is 1. The first-order valence-electron chi connectivity index (χ1n) is 9.09. The van der Waals surface area contributed by atoms with Gasteiger partial charge in [-0.3, -0.25) is 4.79 Å². The molecule has 29 heavy (non-hydrogen) atoms. The molecule has 4 rings (SSSR count). The minimum absolute atomic E-state index is 0.151. The van der Waals surface area contributed by atoms with Crippen molar-refractivity contribution in [3.63, 3.8) is 0 Å². The average Bonchev–Trinajstić information content (AvgIpc) is 3.18. The molecule has 146 valence electrons. The largest absolute Gasteiger partial charge is 0.497 e. The van der Waals surface area contributed by atoms with Gasteiger partial charge in [0.25, 0.3) is 0 Å². The average molecular weight is 388 g/mol. The molecule has 0 aliphatic rings. The molecule has 5 heteroatoms. The van der Waals surface area contributed by atoms with Crippen molar-refractivity contribution in [3.05, 3.63) is 77.9 Å². The van der Waals surface area contributed by atoms with Gasteiger partial charge in [0, 0.05) is 11.1 Å². The normalized spacial score (nSPS) is 10.7. The lowest BCUT2D eigenvalue weighted by atomic mass is 9.97. The van der Waals surface area contributed by atoms with E-state index in [1.165, 1.54) is 0 Å². The standard InChI is InChI=1S/C24H20O5/c1-26-17-11-7-15(8-12-17)23(25)22-21-19(28-3)5-4-6-20(21)29-24(22)16-9-13-18(27-2)14-10-16/h4-14H,1-3H3. The molecule has 0 unspecified atom stereocenters. The lowest BCUT2D eigenvalue weighted by molar-refractivity contribution is 0.104. The number of methoxy groups -OCH3 is 3. The molecule has 3 aromatic carbocycles. The summed E-state index contributed by atoms with van der Waals surface area (Å²) in [6.45, 7) is 0. The lowest BCUT2D eigenvalue weighted by Crippen LogP contribution is -2.03. The number of hydrogen-bond acceptors (Lipinski definition) is 5. The molecule has 0 aliphatic carbocycles. The molecule has 5 nitrogen and oxygen atoms in total. The second kappa shape index (κ2) is 7.72. The SMILES string of the molecule is COc1ccc(C(=O)c2c(-c3ccc(OC)cc3)oc3cccc(OC)c23)cc1. The van der Waals surface area contributed by atoms with E-state index in [1.807, 2.05) is 42.5 Å². The Hall–Kier alpha value is -3.73. The summed E-state index contributed by atoms with van der Waals surface area (Å²) in [4.78, 5) is 13.5. The minimum atomic E-state index is -0.151. The summed E-state index contributed by atoms with van der Waals surface area (Å²) in [5.41, 5.74) is 2.37. The quantitative estimate of drug-likeness (QED) is 0.416. The van der Waals surface area contributed by atoms with Gasteiger partial charge in [-0.15, -0.1) is 0 Å². The highest BCUT2D eigenvalue weighted by molar-refractivity contribution is 6.20. The highest BCUT2D eigenvalue weighted by Gasteiger charge is 2.25. The highest BCUT2D eigenvalue weighted by Crippen LogP contribution is 2.40. The first-order chi connectivity index (χ1) is 14.2. The Morgan fingerprint density at radius 3 is 1.97 bits per heavy atom. The number of hydrogen-bond donors (Lipinski definition) is 0. The predicted molar refractivity (Wildman–Crippen MR) is 111 cm³/mol. The van der Waals surface area contributed by atoms with Crippen LogP contribution in [0.1, 0.15) is 15.9 Å². The molecule has 0 radical (unpaired) electrons. The van der Waals surface area contributed by atoms with E-state index in [0.29, 0.717) is 39.4 Å². The van der Waals surface area contributed by atoms with Gasteiger partial charge in [0.1, 0.15) is 28.6 Å². The Morgan fingerprint density at radius 2 is 1.38 bits per heavy atom. The van der Waals surface area contributed by atoms with E-state index in [1.54, 1.807) is 45.6 Å². The van der Waals surface area contributed by atoms with Gasteiger partial charge < -0.3 is 18.6 Å². The van der Waals surface area contributed by atoms with Crippen LogP contribution in [0.15, 0.2) is 71.1 Å². The number of rotatable bonds is 6. The number of ketones is 1. The smallest absolute Gasteiger partial charge is 0.197 e. The Kier molecular flexibility index (Phi) is 4.96. The Labute approximate surface area is 168 Å². The fraction of sp³-hybridized carbons (Fsp3) is 0.125. The third-order valence-corrected chi connectivity index (χ3v) is 4.83. The fourth-order valence-corrected chi connectivity index (χ4v) is 3.34. The van der Waals surface area contributed by atoms with E-state index < -0.39 is 0 Å². The van der Waals surface area contributed by atoms with Crippen LogP contribution < -0.4 is 14.2 Å². The number of fused-ring (bicyclic) bond motifs is 1. The minimum Gasteiger partial charge on any atom is -0.497 e. The summed E-state index contributed by atoms with van der Waals surface area (Å²) in [5.74, 6) is 2.34. The molecule has 0 spiro atoms. The molecule has 0 saturated carbocycles. The van der Waals surface area contributed by atoms with Crippen LogP contribution in [0, 0.1) is 0 Å². The van der Waals surface area contributed by atoms with Crippen LogP contribution in [0.3, 0.4) is 0 Å². The van der Waals surface area contributed by atoms with Crippen LogP contribution >= 0.6 is 0 Å². The van der Waals surface area contributed by atoms with Crippen molar-refractivity contribution in [1.29, 1.82) is 0 Å². The molecule has 0 saturated heterocycles. The van der Waals surface area contributed by atoms with Crippen molar-refractivity contribution in [2.75, 3.05) is 21.3 Å². The van der Waals surface area contributed by atoms with Gasteiger partial charge >= 0.3 is 0 Å². The maximum atomic E-state index is 13.5. The highest BCUT2D eigenvalue weighted by atomic mass is 16.5.